The molecule has 192 valence electrons. The first kappa shape index (κ1) is 26.3. The average molecular weight is 538 g/mol. The Morgan fingerprint density at radius 1 is 0.919 bits per heavy atom. The Bertz CT molecular complexity index is 1380. The minimum atomic E-state index is -4.12. The van der Waals surface area contributed by atoms with Crippen molar-refractivity contribution >= 4 is 33.2 Å². The van der Waals surface area contributed by atoms with Crippen LogP contribution in [0.15, 0.2) is 99.8 Å². The van der Waals surface area contributed by atoms with Gasteiger partial charge >= 0.3 is 0 Å². The minimum Gasteiger partial charge on any atom is -0.467 e. The van der Waals surface area contributed by atoms with E-state index in [1.807, 2.05) is 17.5 Å². The predicted molar refractivity (Wildman–Crippen MR) is 141 cm³/mol. The van der Waals surface area contributed by atoms with Crippen molar-refractivity contribution in [3.63, 3.8) is 0 Å². The first-order valence-electron chi connectivity index (χ1n) is 11.5. The Labute approximate surface area is 220 Å². The maximum atomic E-state index is 13.9. The fraction of sp³-hybridized carbons (Fsp3) is 0.185. The zero-order valence-electron chi connectivity index (χ0n) is 20.4. The van der Waals surface area contributed by atoms with Crippen LogP contribution in [0.1, 0.15) is 32.6 Å². The quantitative estimate of drug-likeness (QED) is 0.325. The van der Waals surface area contributed by atoms with Gasteiger partial charge in [-0.2, -0.15) is 4.72 Å². The average Bonchev–Trinajstić information content (AvgIpc) is 3.61. The van der Waals surface area contributed by atoms with Crippen molar-refractivity contribution in [2.24, 2.45) is 0 Å². The molecule has 0 unspecified atom stereocenters. The monoisotopic (exact) mass is 537 g/mol. The first-order valence-corrected chi connectivity index (χ1v) is 13.8. The smallest absolute Gasteiger partial charge is 0.253 e. The van der Waals surface area contributed by atoms with Gasteiger partial charge in [-0.25, -0.2) is 8.42 Å². The van der Waals surface area contributed by atoms with Gasteiger partial charge in [-0.3, -0.25) is 9.59 Å². The number of nitrogens with zero attached hydrogens (tertiary/aromatic N) is 2. The summed E-state index contributed by atoms with van der Waals surface area (Å²) in [5.74, 6) is -0.0731. The van der Waals surface area contributed by atoms with E-state index in [0.29, 0.717) is 23.4 Å². The van der Waals surface area contributed by atoms with Crippen LogP contribution in [0.4, 0.5) is 0 Å². The molecular formula is C27H27N3O5S2. The Balaban J connectivity index is 1.65. The van der Waals surface area contributed by atoms with Gasteiger partial charge in [0.2, 0.25) is 15.9 Å². The van der Waals surface area contributed by atoms with Crippen LogP contribution >= 0.6 is 11.3 Å². The zero-order valence-corrected chi connectivity index (χ0v) is 22.0. The number of thiophene rings is 1. The normalized spacial score (nSPS) is 12.2. The lowest BCUT2D eigenvalue weighted by Gasteiger charge is -2.27. The van der Waals surface area contributed by atoms with Crippen LogP contribution in [-0.2, 0) is 27.9 Å². The van der Waals surface area contributed by atoms with Gasteiger partial charge in [0, 0.05) is 24.5 Å². The molecule has 10 heteroatoms. The molecule has 1 N–H and O–H groups in total. The molecule has 0 fully saturated rings. The molecule has 2 amide bonds. The summed E-state index contributed by atoms with van der Waals surface area (Å²) in [4.78, 5) is 30.0. The molecule has 0 aliphatic heterocycles. The first-order chi connectivity index (χ1) is 17.7. The molecular weight excluding hydrogens is 510 g/mol. The molecule has 0 saturated carbocycles. The van der Waals surface area contributed by atoms with E-state index in [9.17, 15) is 18.0 Å². The van der Waals surface area contributed by atoms with Crippen molar-refractivity contribution in [3.05, 3.63) is 112 Å². The number of nitrogens with one attached hydrogen (secondary N) is 1. The molecule has 4 aromatic rings. The second-order valence-corrected chi connectivity index (χ2v) is 11.3. The summed E-state index contributed by atoms with van der Waals surface area (Å²) < 4.78 is 34.9. The summed E-state index contributed by atoms with van der Waals surface area (Å²) in [5.41, 5.74) is 0.867. The SMILES string of the molecule is CN(C)C(=O)c1ccc(S(=O)(=O)N[C@H](C(=O)N(Cc2ccco2)Cc2cccs2)c2ccccc2)cc1. The van der Waals surface area contributed by atoms with E-state index in [4.69, 9.17) is 4.42 Å². The number of sulfonamides is 1. The van der Waals surface area contributed by atoms with Crippen molar-refractivity contribution in [1.82, 2.24) is 14.5 Å². The Kier molecular flexibility index (Phi) is 8.22. The molecule has 0 spiro atoms. The van der Waals surface area contributed by atoms with Crippen LogP contribution in [0, 0.1) is 0 Å². The number of benzene rings is 2. The van der Waals surface area contributed by atoms with E-state index in [0.717, 1.165) is 4.88 Å². The maximum absolute atomic E-state index is 13.9. The number of rotatable bonds is 10. The minimum absolute atomic E-state index is 0.0487. The lowest BCUT2D eigenvalue weighted by Crippen LogP contribution is -2.42. The van der Waals surface area contributed by atoms with Gasteiger partial charge in [0.05, 0.1) is 24.2 Å². The molecule has 2 heterocycles. The van der Waals surface area contributed by atoms with Crippen LogP contribution in [0.2, 0.25) is 0 Å². The maximum Gasteiger partial charge on any atom is 0.253 e. The highest BCUT2D eigenvalue weighted by Crippen LogP contribution is 2.24. The summed E-state index contributed by atoms with van der Waals surface area (Å²) in [5, 5.41) is 1.92. The second kappa shape index (κ2) is 11.5. The number of hydrogen-bond acceptors (Lipinski definition) is 6. The Hall–Kier alpha value is -3.73. The topological polar surface area (TPSA) is 99.9 Å². The highest BCUT2D eigenvalue weighted by molar-refractivity contribution is 7.89. The van der Waals surface area contributed by atoms with Gasteiger partial charge in [0.15, 0.2) is 0 Å². The van der Waals surface area contributed by atoms with E-state index in [1.54, 1.807) is 61.5 Å². The second-order valence-electron chi connectivity index (χ2n) is 8.54. The molecule has 1 atom stereocenters. The summed E-state index contributed by atoms with van der Waals surface area (Å²) in [6, 6.07) is 20.5. The van der Waals surface area contributed by atoms with Crippen molar-refractivity contribution in [3.8, 4) is 0 Å². The number of carbonyl (C=O) groups is 2. The molecule has 0 radical (unpaired) electrons. The number of carbonyl (C=O) groups excluding carboxylic acids is 2. The molecule has 4 rings (SSSR count). The van der Waals surface area contributed by atoms with Crippen LogP contribution in [0.3, 0.4) is 0 Å². The summed E-state index contributed by atoms with van der Waals surface area (Å²) in [7, 11) is -0.876. The van der Waals surface area contributed by atoms with Gasteiger partial charge in [0.25, 0.3) is 5.91 Å². The van der Waals surface area contributed by atoms with Gasteiger partial charge in [-0.1, -0.05) is 36.4 Å². The van der Waals surface area contributed by atoms with Crippen molar-refractivity contribution in [2.45, 2.75) is 24.0 Å². The molecule has 2 aromatic carbocycles. The standard InChI is InChI=1S/C27H27N3O5S2/c1-29(2)26(31)21-12-14-24(15-13-21)37(33,34)28-25(20-8-4-3-5-9-20)27(32)30(18-22-10-6-16-35-22)19-23-11-7-17-36-23/h3-17,25,28H,18-19H2,1-2H3/t25-/m0/s1. The molecule has 0 aliphatic rings. The van der Waals surface area contributed by atoms with Gasteiger partial charge in [-0.05, 0) is 53.4 Å². The summed E-state index contributed by atoms with van der Waals surface area (Å²) >= 11 is 1.51. The van der Waals surface area contributed by atoms with E-state index >= 15 is 0 Å². The third-order valence-electron chi connectivity index (χ3n) is 5.64. The fourth-order valence-corrected chi connectivity index (χ4v) is 5.64. The lowest BCUT2D eigenvalue weighted by molar-refractivity contribution is -0.134. The van der Waals surface area contributed by atoms with Gasteiger partial charge < -0.3 is 14.2 Å². The molecule has 37 heavy (non-hydrogen) atoms. The lowest BCUT2D eigenvalue weighted by atomic mass is 10.1. The third kappa shape index (κ3) is 6.53. The molecule has 0 aliphatic carbocycles. The number of amides is 2. The molecule has 2 aromatic heterocycles. The molecule has 0 saturated heterocycles. The van der Waals surface area contributed by atoms with Crippen molar-refractivity contribution in [1.29, 1.82) is 0 Å². The van der Waals surface area contributed by atoms with Crippen molar-refractivity contribution < 1.29 is 22.4 Å². The van der Waals surface area contributed by atoms with E-state index in [-0.39, 0.29) is 17.3 Å². The van der Waals surface area contributed by atoms with E-state index in [2.05, 4.69) is 4.72 Å². The van der Waals surface area contributed by atoms with Crippen molar-refractivity contribution in [2.75, 3.05) is 14.1 Å². The van der Waals surface area contributed by atoms with Gasteiger partial charge in [-0.15, -0.1) is 11.3 Å². The third-order valence-corrected chi connectivity index (χ3v) is 7.94. The largest absolute Gasteiger partial charge is 0.467 e. The van der Waals surface area contributed by atoms with Crippen LogP contribution in [-0.4, -0.2) is 44.1 Å². The highest BCUT2D eigenvalue weighted by atomic mass is 32.2. The molecule has 8 nitrogen and oxygen atoms in total. The fourth-order valence-electron chi connectivity index (χ4n) is 3.74. The van der Waals surface area contributed by atoms with E-state index in [1.165, 1.54) is 46.8 Å². The summed E-state index contributed by atoms with van der Waals surface area (Å²) in [6.45, 7) is 0.472. The Morgan fingerprint density at radius 3 is 2.24 bits per heavy atom. The van der Waals surface area contributed by atoms with E-state index < -0.39 is 22.0 Å². The van der Waals surface area contributed by atoms with Crippen LogP contribution < -0.4 is 4.72 Å². The Morgan fingerprint density at radius 2 is 1.65 bits per heavy atom. The molecule has 0 bridgehead atoms. The highest BCUT2D eigenvalue weighted by Gasteiger charge is 2.31. The number of hydrogen-bond donors (Lipinski definition) is 1. The number of furan rings is 1. The van der Waals surface area contributed by atoms with Crippen LogP contribution in [0.5, 0.6) is 0 Å². The predicted octanol–water partition coefficient (Wildman–Crippen LogP) is 4.29. The zero-order chi connectivity index (χ0) is 26.4. The van der Waals surface area contributed by atoms with Gasteiger partial charge in [0.1, 0.15) is 11.8 Å². The van der Waals surface area contributed by atoms with Crippen LogP contribution in [0.25, 0.3) is 0 Å². The summed E-state index contributed by atoms with van der Waals surface area (Å²) in [6.07, 6.45) is 1.53.